The van der Waals surface area contributed by atoms with Crippen molar-refractivity contribution in [2.45, 2.75) is 50.7 Å². The number of rotatable bonds is 6. The molecule has 5 heteroatoms. The highest BCUT2D eigenvalue weighted by Crippen LogP contribution is 2.49. The topological polar surface area (TPSA) is 58.9 Å². The Labute approximate surface area is 126 Å². The lowest BCUT2D eigenvalue weighted by Gasteiger charge is -2.27. The smallest absolute Gasteiger partial charge is 0.117 e. The Kier molecular flexibility index (Phi) is 5.64. The second kappa shape index (κ2) is 7.08. The standard InChI is InChI=1S/C16H25O4P/c1-12(2)21(3,18)20-15-10-14(19-16(15)11-17)9-13-7-5-4-6-8-13/h4-8,12,14-18H,3,9-11H2,1-2H3/t14-,15?,16+,21?/m0/s1. The van der Waals surface area contributed by atoms with Crippen molar-refractivity contribution in [1.82, 2.24) is 0 Å². The Hall–Kier alpha value is -0.640. The molecule has 0 bridgehead atoms. The molecule has 2 rings (SSSR count). The molecule has 0 radical (unpaired) electrons. The van der Waals surface area contributed by atoms with E-state index in [0.717, 1.165) is 6.42 Å². The molecule has 1 aromatic rings. The van der Waals surface area contributed by atoms with Gasteiger partial charge in [0.2, 0.25) is 0 Å². The van der Waals surface area contributed by atoms with E-state index in [9.17, 15) is 10.00 Å². The summed E-state index contributed by atoms with van der Waals surface area (Å²) in [6.45, 7) is 3.69. The fraction of sp³-hybridized carbons (Fsp3) is 0.562. The second-order valence-corrected chi connectivity index (χ2v) is 8.65. The highest BCUT2D eigenvalue weighted by atomic mass is 31.2. The van der Waals surface area contributed by atoms with Gasteiger partial charge in [-0.15, -0.1) is 0 Å². The summed E-state index contributed by atoms with van der Waals surface area (Å²) in [5, 5.41) is 9.46. The van der Waals surface area contributed by atoms with E-state index in [-0.39, 0.29) is 30.6 Å². The molecule has 1 fully saturated rings. The van der Waals surface area contributed by atoms with Gasteiger partial charge in [0.1, 0.15) is 13.4 Å². The van der Waals surface area contributed by atoms with Crippen LogP contribution in [0.2, 0.25) is 0 Å². The first-order chi connectivity index (χ1) is 9.92. The minimum Gasteiger partial charge on any atom is -0.394 e. The van der Waals surface area contributed by atoms with E-state index in [1.165, 1.54) is 5.56 Å². The van der Waals surface area contributed by atoms with E-state index < -0.39 is 7.34 Å². The molecular formula is C16H25O4P. The van der Waals surface area contributed by atoms with E-state index in [4.69, 9.17) is 9.26 Å². The lowest BCUT2D eigenvalue weighted by molar-refractivity contribution is -0.0158. The summed E-state index contributed by atoms with van der Waals surface area (Å²) in [5.74, 6) is 0. The minimum atomic E-state index is -2.66. The zero-order chi connectivity index (χ0) is 15.5. The van der Waals surface area contributed by atoms with Crippen LogP contribution in [0, 0.1) is 0 Å². The van der Waals surface area contributed by atoms with Crippen LogP contribution in [0.25, 0.3) is 0 Å². The average Bonchev–Trinajstić information content (AvgIpc) is 2.80. The second-order valence-electron chi connectivity index (χ2n) is 5.90. The van der Waals surface area contributed by atoms with Crippen LogP contribution in [-0.2, 0) is 15.7 Å². The molecule has 0 spiro atoms. The van der Waals surface area contributed by atoms with Crippen LogP contribution in [0.4, 0.5) is 0 Å². The van der Waals surface area contributed by atoms with Crippen LogP contribution in [0.15, 0.2) is 30.3 Å². The minimum absolute atomic E-state index is 0.00159. The number of aliphatic hydroxyl groups is 1. The monoisotopic (exact) mass is 312 g/mol. The van der Waals surface area contributed by atoms with E-state index >= 15 is 0 Å². The number of benzene rings is 1. The van der Waals surface area contributed by atoms with E-state index in [0.29, 0.717) is 6.42 Å². The van der Waals surface area contributed by atoms with Gasteiger partial charge in [0, 0.05) is 12.1 Å². The Morgan fingerprint density at radius 3 is 2.62 bits per heavy atom. The number of aliphatic hydroxyl groups excluding tert-OH is 1. The molecule has 0 saturated carbocycles. The molecular weight excluding hydrogens is 287 g/mol. The summed E-state index contributed by atoms with van der Waals surface area (Å²) in [6.07, 6.45) is 4.60. The maximum absolute atomic E-state index is 10.3. The highest BCUT2D eigenvalue weighted by Gasteiger charge is 2.38. The molecule has 0 aromatic heterocycles. The summed E-state index contributed by atoms with van der Waals surface area (Å²) in [4.78, 5) is 10.3. The Morgan fingerprint density at radius 2 is 2.05 bits per heavy atom. The number of hydrogen-bond acceptors (Lipinski definition) is 4. The predicted molar refractivity (Wildman–Crippen MR) is 86.8 cm³/mol. The van der Waals surface area contributed by atoms with Crippen molar-refractivity contribution < 1.29 is 19.3 Å². The van der Waals surface area contributed by atoms with Crippen molar-refractivity contribution in [3.8, 4) is 0 Å². The third kappa shape index (κ3) is 4.41. The third-order valence-corrected chi connectivity index (χ3v) is 6.14. The number of ether oxygens (including phenoxy) is 1. The molecule has 4 nitrogen and oxygen atoms in total. The molecule has 0 amide bonds. The van der Waals surface area contributed by atoms with Crippen LogP contribution in [-0.4, -0.2) is 46.9 Å². The predicted octanol–water partition coefficient (Wildman–Crippen LogP) is 2.44. The summed E-state index contributed by atoms with van der Waals surface area (Å²) < 4.78 is 11.7. The molecule has 1 aliphatic rings. The van der Waals surface area contributed by atoms with Gasteiger partial charge in [-0.3, -0.25) is 0 Å². The zero-order valence-corrected chi connectivity index (χ0v) is 13.6. The van der Waals surface area contributed by atoms with Gasteiger partial charge in [0.15, 0.2) is 0 Å². The van der Waals surface area contributed by atoms with Gasteiger partial charge in [0.25, 0.3) is 0 Å². The summed E-state index contributed by atoms with van der Waals surface area (Å²) >= 11 is 0. The van der Waals surface area contributed by atoms with Gasteiger partial charge < -0.3 is 19.3 Å². The van der Waals surface area contributed by atoms with Crippen molar-refractivity contribution in [2.24, 2.45) is 0 Å². The van der Waals surface area contributed by atoms with E-state index in [1.807, 2.05) is 32.0 Å². The fourth-order valence-corrected chi connectivity index (χ4v) is 3.37. The Balaban J connectivity index is 1.99. The molecule has 1 aliphatic heterocycles. The normalized spacial score (nSPS) is 28.7. The fourth-order valence-electron chi connectivity index (χ4n) is 2.44. The summed E-state index contributed by atoms with van der Waals surface area (Å²) in [6, 6.07) is 10.1. The molecule has 21 heavy (non-hydrogen) atoms. The Morgan fingerprint density at radius 1 is 1.38 bits per heavy atom. The molecule has 2 N–H and O–H groups in total. The lowest BCUT2D eigenvalue weighted by Crippen LogP contribution is -2.28. The summed E-state index contributed by atoms with van der Waals surface area (Å²) in [5.41, 5.74) is 1.17. The van der Waals surface area contributed by atoms with Crippen molar-refractivity contribution in [3.63, 3.8) is 0 Å². The maximum Gasteiger partial charge on any atom is 0.117 e. The van der Waals surface area contributed by atoms with Crippen LogP contribution >= 0.6 is 7.34 Å². The molecule has 1 heterocycles. The quantitative estimate of drug-likeness (QED) is 0.792. The van der Waals surface area contributed by atoms with Gasteiger partial charge in [-0.2, -0.15) is 0 Å². The van der Waals surface area contributed by atoms with Crippen molar-refractivity contribution >= 4 is 13.6 Å². The molecule has 1 aromatic carbocycles. The van der Waals surface area contributed by atoms with Crippen molar-refractivity contribution in [1.29, 1.82) is 0 Å². The first-order valence-electron chi connectivity index (χ1n) is 7.37. The zero-order valence-electron chi connectivity index (χ0n) is 12.7. The lowest BCUT2D eigenvalue weighted by atomic mass is 10.0. The largest absolute Gasteiger partial charge is 0.394 e. The molecule has 118 valence electrons. The van der Waals surface area contributed by atoms with Gasteiger partial charge in [0.05, 0.1) is 18.8 Å². The maximum atomic E-state index is 10.3. The molecule has 1 saturated heterocycles. The van der Waals surface area contributed by atoms with Crippen LogP contribution < -0.4 is 0 Å². The highest BCUT2D eigenvalue weighted by molar-refractivity contribution is 7.64. The van der Waals surface area contributed by atoms with Gasteiger partial charge >= 0.3 is 0 Å². The van der Waals surface area contributed by atoms with Crippen LogP contribution in [0.5, 0.6) is 0 Å². The van der Waals surface area contributed by atoms with Gasteiger partial charge in [-0.05, 0) is 12.0 Å². The van der Waals surface area contributed by atoms with E-state index in [1.54, 1.807) is 0 Å². The van der Waals surface area contributed by atoms with Gasteiger partial charge in [-0.1, -0.05) is 50.5 Å². The molecule has 2 unspecified atom stereocenters. The first-order valence-corrected chi connectivity index (χ1v) is 9.28. The average molecular weight is 312 g/mol. The Bertz CT molecular complexity index is 488. The van der Waals surface area contributed by atoms with E-state index in [2.05, 4.69) is 18.4 Å². The van der Waals surface area contributed by atoms with Crippen LogP contribution in [0.1, 0.15) is 25.8 Å². The summed E-state index contributed by atoms with van der Waals surface area (Å²) in [7, 11) is -2.66. The SMILES string of the molecule is C=P(O)(OC1C[C@H](Cc2ccccc2)O[C@@H]1CO)C(C)C. The first kappa shape index (κ1) is 16.7. The van der Waals surface area contributed by atoms with Gasteiger partial charge in [-0.25, -0.2) is 0 Å². The molecule has 4 atom stereocenters. The number of hydrogen-bond donors (Lipinski definition) is 2. The van der Waals surface area contributed by atoms with Crippen molar-refractivity contribution in [3.05, 3.63) is 35.9 Å². The molecule has 0 aliphatic carbocycles. The van der Waals surface area contributed by atoms with Crippen molar-refractivity contribution in [2.75, 3.05) is 6.61 Å². The van der Waals surface area contributed by atoms with Crippen LogP contribution in [0.3, 0.4) is 0 Å². The third-order valence-electron chi connectivity index (χ3n) is 3.89.